The predicted molar refractivity (Wildman–Crippen MR) is 97.6 cm³/mol. The Labute approximate surface area is 153 Å². The highest BCUT2D eigenvalue weighted by molar-refractivity contribution is 5.76. The minimum atomic E-state index is 0.242. The molecule has 2 aliphatic rings. The Hall–Kier alpha value is -1.54. The van der Waals surface area contributed by atoms with E-state index in [1.54, 1.807) is 0 Å². The summed E-state index contributed by atoms with van der Waals surface area (Å²) in [6.45, 7) is 10.2. The predicted octanol–water partition coefficient (Wildman–Crippen LogP) is 1.37. The van der Waals surface area contributed by atoms with Gasteiger partial charge >= 0.3 is 0 Å². The molecule has 4 rings (SSSR count). The number of nitrogens with zero attached hydrogens (tertiary/aromatic N) is 4. The van der Waals surface area contributed by atoms with Gasteiger partial charge in [0.15, 0.2) is 0 Å². The largest absolute Gasteiger partial charge is 0.396 e. The van der Waals surface area contributed by atoms with Crippen LogP contribution in [0, 0.1) is 11.8 Å². The molecule has 2 fully saturated rings. The molecule has 0 spiro atoms. The molecule has 0 amide bonds. The average molecular weight is 360 g/mol. The zero-order valence-electron chi connectivity index (χ0n) is 15.5. The molecule has 0 saturated carbocycles. The summed E-state index contributed by atoms with van der Waals surface area (Å²) in [5.74, 6) is 0.797. The lowest BCUT2D eigenvalue weighted by molar-refractivity contribution is -0.0727. The van der Waals surface area contributed by atoms with Gasteiger partial charge in [0, 0.05) is 45.9 Å². The van der Waals surface area contributed by atoms with Gasteiger partial charge in [-0.05, 0) is 47.6 Å². The number of ether oxygens (including phenoxy) is 1. The van der Waals surface area contributed by atoms with Crippen LogP contribution in [0.15, 0.2) is 22.8 Å². The van der Waals surface area contributed by atoms with Crippen LogP contribution in [0.2, 0.25) is 0 Å². The summed E-state index contributed by atoms with van der Waals surface area (Å²) in [5.41, 5.74) is 2.77. The summed E-state index contributed by atoms with van der Waals surface area (Å²) in [6.07, 6.45) is 0.558. The van der Waals surface area contributed by atoms with E-state index in [1.165, 1.54) is 0 Å². The topological polar surface area (TPSA) is 74.9 Å². The second kappa shape index (κ2) is 7.60. The average Bonchev–Trinajstić information content (AvgIpc) is 3.21. The van der Waals surface area contributed by atoms with E-state index in [9.17, 15) is 5.11 Å². The van der Waals surface area contributed by atoms with Gasteiger partial charge < -0.3 is 9.84 Å². The molecular weight excluding hydrogens is 332 g/mol. The molecule has 0 aliphatic carbocycles. The summed E-state index contributed by atoms with van der Waals surface area (Å²) in [5, 5.41) is 17.9. The van der Waals surface area contributed by atoms with Crippen LogP contribution in [0.3, 0.4) is 0 Å². The highest BCUT2D eigenvalue weighted by Crippen LogP contribution is 2.28. The minimum Gasteiger partial charge on any atom is -0.396 e. The van der Waals surface area contributed by atoms with Crippen LogP contribution in [-0.2, 0) is 11.3 Å². The first-order valence-electron chi connectivity index (χ1n) is 9.53. The van der Waals surface area contributed by atoms with Crippen molar-refractivity contribution in [2.45, 2.75) is 32.6 Å². The number of hydrogen-bond donors (Lipinski definition) is 1. The molecule has 2 aliphatic heterocycles. The molecule has 7 nitrogen and oxygen atoms in total. The third-order valence-electron chi connectivity index (χ3n) is 5.64. The van der Waals surface area contributed by atoms with E-state index in [-0.39, 0.29) is 18.8 Å². The van der Waals surface area contributed by atoms with Crippen molar-refractivity contribution in [3.05, 3.63) is 23.8 Å². The minimum absolute atomic E-state index is 0.242. The van der Waals surface area contributed by atoms with Crippen molar-refractivity contribution in [2.75, 3.05) is 39.3 Å². The first kappa shape index (κ1) is 17.9. The van der Waals surface area contributed by atoms with Crippen LogP contribution >= 0.6 is 0 Å². The number of aromatic nitrogens is 2. The van der Waals surface area contributed by atoms with Crippen molar-refractivity contribution in [1.29, 1.82) is 0 Å². The highest BCUT2D eigenvalue weighted by Gasteiger charge is 2.35. The van der Waals surface area contributed by atoms with Crippen molar-refractivity contribution in [3.8, 4) is 0 Å². The standard InChI is InChI=1S/C19H28N4O3/c1-13-6-22(7-14(2)25-13)9-16-10-23(11-17(16)12-24)8-15-4-3-5-18-19(15)21-26-20-18/h3-5,13-14,16-17,24H,6-12H2,1-2H3/t13-,14+,16-,17-/m1/s1. The van der Waals surface area contributed by atoms with Gasteiger partial charge in [0.25, 0.3) is 0 Å². The number of aliphatic hydroxyl groups is 1. The van der Waals surface area contributed by atoms with Crippen LogP contribution in [-0.4, -0.2) is 76.8 Å². The Kier molecular flexibility index (Phi) is 5.22. The first-order valence-corrected chi connectivity index (χ1v) is 9.53. The van der Waals surface area contributed by atoms with Gasteiger partial charge in [-0.3, -0.25) is 9.80 Å². The summed E-state index contributed by atoms with van der Waals surface area (Å²) in [7, 11) is 0. The number of rotatable bonds is 5. The van der Waals surface area contributed by atoms with Crippen molar-refractivity contribution in [1.82, 2.24) is 20.1 Å². The molecule has 142 valence electrons. The molecule has 26 heavy (non-hydrogen) atoms. The van der Waals surface area contributed by atoms with E-state index in [4.69, 9.17) is 9.37 Å². The number of hydrogen-bond acceptors (Lipinski definition) is 7. The van der Waals surface area contributed by atoms with Gasteiger partial charge in [-0.25, -0.2) is 4.63 Å². The SMILES string of the molecule is C[C@@H]1CN(C[C@@H]2CN(Cc3cccc4nonc34)C[C@@H]2CO)C[C@H](C)O1. The molecule has 2 saturated heterocycles. The van der Waals surface area contributed by atoms with E-state index >= 15 is 0 Å². The number of fused-ring (bicyclic) bond motifs is 1. The van der Waals surface area contributed by atoms with Gasteiger partial charge in [-0.15, -0.1) is 0 Å². The zero-order valence-corrected chi connectivity index (χ0v) is 15.5. The lowest BCUT2D eigenvalue weighted by Gasteiger charge is -2.37. The van der Waals surface area contributed by atoms with Crippen LogP contribution in [0.1, 0.15) is 19.4 Å². The fourth-order valence-corrected chi connectivity index (χ4v) is 4.57. The normalized spacial score (nSPS) is 31.0. The molecule has 2 aromatic rings. The fraction of sp³-hybridized carbons (Fsp3) is 0.684. The van der Waals surface area contributed by atoms with Gasteiger partial charge in [-0.2, -0.15) is 0 Å². The second-order valence-corrected chi connectivity index (χ2v) is 7.92. The van der Waals surface area contributed by atoms with Crippen molar-refractivity contribution >= 4 is 11.0 Å². The second-order valence-electron chi connectivity index (χ2n) is 7.92. The fourth-order valence-electron chi connectivity index (χ4n) is 4.57. The summed E-state index contributed by atoms with van der Waals surface area (Å²) in [6, 6.07) is 5.99. The van der Waals surface area contributed by atoms with Gasteiger partial charge in [0.1, 0.15) is 11.0 Å². The zero-order chi connectivity index (χ0) is 18.1. The Morgan fingerprint density at radius 1 is 1.04 bits per heavy atom. The van der Waals surface area contributed by atoms with Crippen molar-refractivity contribution in [3.63, 3.8) is 0 Å². The smallest absolute Gasteiger partial charge is 0.139 e. The quantitative estimate of drug-likeness (QED) is 0.863. The van der Waals surface area contributed by atoms with Gasteiger partial charge in [0.05, 0.1) is 12.2 Å². The summed E-state index contributed by atoms with van der Waals surface area (Å²) >= 11 is 0. The van der Waals surface area contributed by atoms with E-state index in [0.29, 0.717) is 11.8 Å². The number of aliphatic hydroxyl groups excluding tert-OH is 1. The third-order valence-corrected chi connectivity index (χ3v) is 5.64. The number of benzene rings is 1. The molecule has 0 unspecified atom stereocenters. The molecule has 7 heteroatoms. The van der Waals surface area contributed by atoms with E-state index in [0.717, 1.165) is 55.9 Å². The molecule has 1 aromatic carbocycles. The van der Waals surface area contributed by atoms with E-state index in [1.807, 2.05) is 12.1 Å². The van der Waals surface area contributed by atoms with Crippen molar-refractivity contribution in [2.24, 2.45) is 11.8 Å². The van der Waals surface area contributed by atoms with Gasteiger partial charge in [0.2, 0.25) is 0 Å². The van der Waals surface area contributed by atoms with E-state index in [2.05, 4.69) is 40.0 Å². The van der Waals surface area contributed by atoms with Crippen LogP contribution in [0.4, 0.5) is 0 Å². The van der Waals surface area contributed by atoms with Crippen LogP contribution in [0.5, 0.6) is 0 Å². The Bertz CT molecular complexity index is 726. The lowest BCUT2D eigenvalue weighted by Crippen LogP contribution is -2.48. The molecular formula is C19H28N4O3. The number of likely N-dealkylation sites (tertiary alicyclic amines) is 1. The third kappa shape index (κ3) is 3.76. The summed E-state index contributed by atoms with van der Waals surface area (Å²) in [4.78, 5) is 4.92. The first-order chi connectivity index (χ1) is 12.6. The number of morpholine rings is 1. The molecule has 3 heterocycles. The molecule has 0 radical (unpaired) electrons. The maximum absolute atomic E-state index is 9.89. The molecule has 1 aromatic heterocycles. The lowest BCUT2D eigenvalue weighted by atomic mass is 9.96. The maximum atomic E-state index is 9.89. The molecule has 0 bridgehead atoms. The Balaban J connectivity index is 1.41. The van der Waals surface area contributed by atoms with Crippen LogP contribution < -0.4 is 0 Å². The summed E-state index contributed by atoms with van der Waals surface area (Å²) < 4.78 is 10.7. The molecule has 1 N–H and O–H groups in total. The Morgan fingerprint density at radius 3 is 2.58 bits per heavy atom. The van der Waals surface area contributed by atoms with E-state index < -0.39 is 0 Å². The van der Waals surface area contributed by atoms with Crippen LogP contribution in [0.25, 0.3) is 11.0 Å². The van der Waals surface area contributed by atoms with Gasteiger partial charge in [-0.1, -0.05) is 12.1 Å². The Morgan fingerprint density at radius 2 is 1.81 bits per heavy atom. The monoisotopic (exact) mass is 360 g/mol. The highest BCUT2D eigenvalue weighted by atomic mass is 16.6. The molecule has 4 atom stereocenters. The van der Waals surface area contributed by atoms with Crippen molar-refractivity contribution < 1.29 is 14.5 Å². The maximum Gasteiger partial charge on any atom is 0.139 e.